The second-order valence-corrected chi connectivity index (χ2v) is 5.58. The molecule has 20 heavy (non-hydrogen) atoms. The van der Waals surface area contributed by atoms with Gasteiger partial charge in [-0.1, -0.05) is 38.1 Å². The summed E-state index contributed by atoms with van der Waals surface area (Å²) in [5.41, 5.74) is 4.95. The van der Waals surface area contributed by atoms with Crippen molar-refractivity contribution in [3.05, 3.63) is 35.4 Å². The van der Waals surface area contributed by atoms with E-state index in [0.29, 0.717) is 5.92 Å². The van der Waals surface area contributed by atoms with Gasteiger partial charge in [0.2, 0.25) is 5.91 Å². The standard InChI is InChI=1S/C16H23N3O/c1-12(2)14-5-3-13(4-6-14)11-18-19-16(20)15-7-9-17-10-8-15/h3-6,11-12,15,17H,7-10H2,1-2H3,(H,19,20). The highest BCUT2D eigenvalue weighted by Crippen LogP contribution is 2.14. The molecule has 0 saturated carbocycles. The Morgan fingerprint density at radius 3 is 2.55 bits per heavy atom. The Balaban J connectivity index is 1.84. The third-order valence-electron chi connectivity index (χ3n) is 3.70. The summed E-state index contributed by atoms with van der Waals surface area (Å²) < 4.78 is 0. The molecular weight excluding hydrogens is 250 g/mol. The van der Waals surface area contributed by atoms with Crippen LogP contribution in [-0.4, -0.2) is 25.2 Å². The van der Waals surface area contributed by atoms with Crippen molar-refractivity contribution in [2.75, 3.05) is 13.1 Å². The van der Waals surface area contributed by atoms with E-state index >= 15 is 0 Å². The fourth-order valence-electron chi connectivity index (χ4n) is 2.31. The van der Waals surface area contributed by atoms with Gasteiger partial charge in [-0.05, 0) is 43.0 Å². The molecule has 4 heteroatoms. The first kappa shape index (κ1) is 14.7. The lowest BCUT2D eigenvalue weighted by Gasteiger charge is -2.20. The van der Waals surface area contributed by atoms with Crippen LogP contribution >= 0.6 is 0 Å². The van der Waals surface area contributed by atoms with Gasteiger partial charge < -0.3 is 5.32 Å². The molecule has 0 aliphatic carbocycles. The van der Waals surface area contributed by atoms with Gasteiger partial charge in [-0.2, -0.15) is 5.10 Å². The first-order valence-electron chi connectivity index (χ1n) is 7.30. The van der Waals surface area contributed by atoms with E-state index in [-0.39, 0.29) is 11.8 Å². The Hall–Kier alpha value is -1.68. The van der Waals surface area contributed by atoms with E-state index < -0.39 is 0 Å². The van der Waals surface area contributed by atoms with Crippen LogP contribution in [0.4, 0.5) is 0 Å². The number of hydrazone groups is 1. The molecule has 1 aliphatic rings. The topological polar surface area (TPSA) is 53.5 Å². The molecule has 0 atom stereocenters. The summed E-state index contributed by atoms with van der Waals surface area (Å²) in [5, 5.41) is 7.29. The molecular formula is C16H23N3O. The minimum absolute atomic E-state index is 0.0292. The molecule has 1 heterocycles. The molecule has 1 fully saturated rings. The molecule has 108 valence electrons. The molecule has 1 aromatic carbocycles. The van der Waals surface area contributed by atoms with Crippen LogP contribution in [0.1, 0.15) is 43.7 Å². The lowest BCUT2D eigenvalue weighted by atomic mass is 9.98. The minimum Gasteiger partial charge on any atom is -0.317 e. The zero-order chi connectivity index (χ0) is 14.4. The Morgan fingerprint density at radius 1 is 1.30 bits per heavy atom. The number of piperidine rings is 1. The number of rotatable bonds is 4. The van der Waals surface area contributed by atoms with Crippen LogP contribution in [0.2, 0.25) is 0 Å². The van der Waals surface area contributed by atoms with Gasteiger partial charge in [-0.3, -0.25) is 4.79 Å². The first-order chi connectivity index (χ1) is 9.66. The van der Waals surface area contributed by atoms with Crippen LogP contribution in [0.3, 0.4) is 0 Å². The smallest absolute Gasteiger partial charge is 0.243 e. The van der Waals surface area contributed by atoms with E-state index in [1.54, 1.807) is 6.21 Å². The SMILES string of the molecule is CC(C)c1ccc(C=NNC(=O)C2CCNCC2)cc1. The Morgan fingerprint density at radius 2 is 1.95 bits per heavy atom. The number of nitrogens with zero attached hydrogens (tertiary/aromatic N) is 1. The maximum atomic E-state index is 11.9. The summed E-state index contributed by atoms with van der Waals surface area (Å²) in [4.78, 5) is 11.9. The lowest BCUT2D eigenvalue weighted by molar-refractivity contribution is -0.125. The molecule has 2 N–H and O–H groups in total. The molecule has 0 bridgehead atoms. The number of hydrogen-bond acceptors (Lipinski definition) is 3. The molecule has 1 saturated heterocycles. The Bertz CT molecular complexity index is 459. The van der Waals surface area contributed by atoms with Gasteiger partial charge in [0.25, 0.3) is 0 Å². The fourth-order valence-corrected chi connectivity index (χ4v) is 2.31. The predicted molar refractivity (Wildman–Crippen MR) is 81.9 cm³/mol. The number of carbonyl (C=O) groups excluding carboxylic acids is 1. The summed E-state index contributed by atoms with van der Waals surface area (Å²) in [6, 6.07) is 8.24. The minimum atomic E-state index is 0.0292. The first-order valence-corrected chi connectivity index (χ1v) is 7.30. The average Bonchev–Trinajstić information content (AvgIpc) is 2.48. The van der Waals surface area contributed by atoms with Crippen molar-refractivity contribution in [2.45, 2.75) is 32.6 Å². The highest BCUT2D eigenvalue weighted by molar-refractivity contribution is 5.83. The molecule has 1 aromatic rings. The number of benzene rings is 1. The van der Waals surface area contributed by atoms with Crippen molar-refractivity contribution in [1.82, 2.24) is 10.7 Å². The van der Waals surface area contributed by atoms with Gasteiger partial charge in [-0.25, -0.2) is 5.43 Å². The van der Waals surface area contributed by atoms with E-state index in [4.69, 9.17) is 0 Å². The van der Waals surface area contributed by atoms with Crippen LogP contribution in [0, 0.1) is 5.92 Å². The number of amides is 1. The van der Waals surface area contributed by atoms with Gasteiger partial charge in [0, 0.05) is 5.92 Å². The normalized spacial score (nSPS) is 16.8. The summed E-state index contributed by atoms with van der Waals surface area (Å²) in [6.45, 7) is 6.17. The van der Waals surface area contributed by atoms with Crippen molar-refractivity contribution >= 4 is 12.1 Å². The summed E-state index contributed by atoms with van der Waals surface area (Å²) in [6.07, 6.45) is 3.48. The van der Waals surface area contributed by atoms with Crippen LogP contribution in [0.15, 0.2) is 29.4 Å². The van der Waals surface area contributed by atoms with E-state index in [9.17, 15) is 4.79 Å². The molecule has 1 aliphatic heterocycles. The van der Waals surface area contributed by atoms with Crippen LogP contribution < -0.4 is 10.7 Å². The van der Waals surface area contributed by atoms with Crippen molar-refractivity contribution < 1.29 is 4.79 Å². The lowest BCUT2D eigenvalue weighted by Crippen LogP contribution is -2.36. The van der Waals surface area contributed by atoms with Crippen LogP contribution in [0.25, 0.3) is 0 Å². The van der Waals surface area contributed by atoms with E-state index in [0.717, 1.165) is 31.5 Å². The van der Waals surface area contributed by atoms with Gasteiger partial charge in [0.1, 0.15) is 0 Å². The van der Waals surface area contributed by atoms with Crippen LogP contribution in [-0.2, 0) is 4.79 Å². The highest BCUT2D eigenvalue weighted by Gasteiger charge is 2.20. The largest absolute Gasteiger partial charge is 0.317 e. The molecule has 1 amide bonds. The quantitative estimate of drug-likeness (QED) is 0.653. The van der Waals surface area contributed by atoms with Crippen molar-refractivity contribution in [3.63, 3.8) is 0 Å². The maximum absolute atomic E-state index is 11.9. The zero-order valence-corrected chi connectivity index (χ0v) is 12.2. The molecule has 4 nitrogen and oxygen atoms in total. The third-order valence-corrected chi connectivity index (χ3v) is 3.70. The van der Waals surface area contributed by atoms with Crippen LogP contribution in [0.5, 0.6) is 0 Å². The highest BCUT2D eigenvalue weighted by atomic mass is 16.2. The zero-order valence-electron chi connectivity index (χ0n) is 12.2. The number of nitrogens with one attached hydrogen (secondary N) is 2. The van der Waals surface area contributed by atoms with Gasteiger partial charge in [0.05, 0.1) is 6.21 Å². The van der Waals surface area contributed by atoms with E-state index in [1.165, 1.54) is 5.56 Å². The molecule has 0 aromatic heterocycles. The monoisotopic (exact) mass is 273 g/mol. The van der Waals surface area contributed by atoms with E-state index in [2.05, 4.69) is 41.8 Å². The summed E-state index contributed by atoms with van der Waals surface area (Å²) in [5.74, 6) is 0.652. The van der Waals surface area contributed by atoms with Gasteiger partial charge in [-0.15, -0.1) is 0 Å². The number of carbonyl (C=O) groups is 1. The Kier molecular flexibility index (Phi) is 5.30. The van der Waals surface area contributed by atoms with Crippen molar-refractivity contribution in [3.8, 4) is 0 Å². The molecule has 2 rings (SSSR count). The van der Waals surface area contributed by atoms with Gasteiger partial charge >= 0.3 is 0 Å². The van der Waals surface area contributed by atoms with E-state index in [1.807, 2.05) is 12.1 Å². The molecule has 0 spiro atoms. The summed E-state index contributed by atoms with van der Waals surface area (Å²) in [7, 11) is 0. The average molecular weight is 273 g/mol. The molecule has 0 unspecified atom stereocenters. The predicted octanol–water partition coefficient (Wildman–Crippen LogP) is 2.26. The maximum Gasteiger partial charge on any atom is 0.243 e. The van der Waals surface area contributed by atoms with Crippen molar-refractivity contribution in [1.29, 1.82) is 0 Å². The Labute approximate surface area is 120 Å². The second-order valence-electron chi connectivity index (χ2n) is 5.58. The van der Waals surface area contributed by atoms with Crippen molar-refractivity contribution in [2.24, 2.45) is 11.0 Å². The third kappa shape index (κ3) is 4.17. The fraction of sp³-hybridized carbons (Fsp3) is 0.500. The summed E-state index contributed by atoms with van der Waals surface area (Å²) >= 11 is 0. The second kappa shape index (κ2) is 7.20. The molecule has 0 radical (unpaired) electrons. The van der Waals surface area contributed by atoms with Gasteiger partial charge in [0.15, 0.2) is 0 Å². The number of hydrogen-bond donors (Lipinski definition) is 2.